The fourth-order valence-corrected chi connectivity index (χ4v) is 2.15. The summed E-state index contributed by atoms with van der Waals surface area (Å²) in [6.45, 7) is 1.94. The van der Waals surface area contributed by atoms with Gasteiger partial charge in [-0.15, -0.1) is 11.3 Å². The molecule has 1 rings (SSSR count). The van der Waals surface area contributed by atoms with Gasteiger partial charge in [0.2, 0.25) is 5.91 Å². The van der Waals surface area contributed by atoms with Gasteiger partial charge in [0.15, 0.2) is 0 Å². The van der Waals surface area contributed by atoms with E-state index in [9.17, 15) is 9.59 Å². The van der Waals surface area contributed by atoms with Gasteiger partial charge in [-0.2, -0.15) is 0 Å². The molecule has 1 N–H and O–H groups in total. The van der Waals surface area contributed by atoms with Gasteiger partial charge < -0.3 is 10.0 Å². The van der Waals surface area contributed by atoms with Gasteiger partial charge >= 0.3 is 5.97 Å². The molecule has 0 aliphatic carbocycles. The molecule has 0 aliphatic heterocycles. The lowest BCUT2D eigenvalue weighted by atomic mass is 10.2. The van der Waals surface area contributed by atoms with Gasteiger partial charge in [-0.25, -0.2) is 0 Å². The van der Waals surface area contributed by atoms with Gasteiger partial charge in [0.1, 0.15) is 0 Å². The number of nitrogens with zero attached hydrogens (tertiary/aromatic N) is 1. The van der Waals surface area contributed by atoms with Gasteiger partial charge in [-0.05, 0) is 18.4 Å². The molecule has 88 valence electrons. The first-order chi connectivity index (χ1) is 7.52. The van der Waals surface area contributed by atoms with E-state index in [1.807, 2.05) is 24.4 Å². The summed E-state index contributed by atoms with van der Waals surface area (Å²) in [5.41, 5.74) is 0. The van der Waals surface area contributed by atoms with Crippen LogP contribution in [0.25, 0.3) is 0 Å². The third kappa shape index (κ3) is 3.34. The molecule has 0 bridgehead atoms. The summed E-state index contributed by atoms with van der Waals surface area (Å²) in [7, 11) is 1.70. The number of rotatable bonds is 5. The summed E-state index contributed by atoms with van der Waals surface area (Å²) in [4.78, 5) is 24.7. The lowest BCUT2D eigenvalue weighted by molar-refractivity contribution is -0.141. The van der Waals surface area contributed by atoms with Gasteiger partial charge in [0.05, 0.1) is 12.5 Å². The summed E-state index contributed by atoms with van der Waals surface area (Å²) in [6.07, 6.45) is -0.0537. The molecule has 1 amide bonds. The minimum absolute atomic E-state index is 0.00120. The molecule has 1 atom stereocenters. The maximum Gasteiger partial charge on any atom is 0.303 e. The molecule has 0 aromatic carbocycles. The van der Waals surface area contributed by atoms with Gasteiger partial charge in [-0.1, -0.05) is 6.07 Å². The van der Waals surface area contributed by atoms with Crippen LogP contribution in [0.3, 0.4) is 0 Å². The van der Waals surface area contributed by atoms with E-state index in [-0.39, 0.29) is 24.8 Å². The predicted octanol–water partition coefficient (Wildman–Crippen LogP) is 2.13. The number of carbonyl (C=O) groups is 2. The highest BCUT2D eigenvalue weighted by atomic mass is 32.1. The molecule has 0 saturated carbocycles. The topological polar surface area (TPSA) is 57.6 Å². The number of carboxylic acids is 1. The van der Waals surface area contributed by atoms with Crippen LogP contribution in [0.5, 0.6) is 0 Å². The normalized spacial score (nSPS) is 12.1. The van der Waals surface area contributed by atoms with E-state index >= 15 is 0 Å². The van der Waals surface area contributed by atoms with E-state index in [0.717, 1.165) is 4.88 Å². The summed E-state index contributed by atoms with van der Waals surface area (Å²) in [5, 5.41) is 10.5. The standard InChI is InChI=1S/C11H15NO3S/c1-8(9-4-3-7-16-9)12(2)10(13)5-6-11(14)15/h3-4,7-8H,5-6H2,1-2H3,(H,14,15). The van der Waals surface area contributed by atoms with Crippen molar-refractivity contribution in [2.45, 2.75) is 25.8 Å². The molecule has 0 aliphatic rings. The largest absolute Gasteiger partial charge is 0.481 e. The van der Waals surface area contributed by atoms with Crippen molar-refractivity contribution >= 4 is 23.2 Å². The van der Waals surface area contributed by atoms with Crippen molar-refractivity contribution in [3.63, 3.8) is 0 Å². The summed E-state index contributed by atoms with van der Waals surface area (Å²) in [5.74, 6) is -1.08. The van der Waals surface area contributed by atoms with E-state index in [4.69, 9.17) is 5.11 Å². The Morgan fingerprint density at radius 1 is 1.50 bits per heavy atom. The molecule has 4 nitrogen and oxygen atoms in total. The van der Waals surface area contributed by atoms with Crippen LogP contribution in [-0.2, 0) is 9.59 Å². The molecule has 16 heavy (non-hydrogen) atoms. The second-order valence-electron chi connectivity index (χ2n) is 3.59. The maximum atomic E-state index is 11.7. The van der Waals surface area contributed by atoms with Gasteiger partial charge in [-0.3, -0.25) is 9.59 Å². The Morgan fingerprint density at radius 2 is 2.19 bits per heavy atom. The van der Waals surface area contributed by atoms with E-state index in [2.05, 4.69) is 0 Å². The molecule has 0 spiro atoms. The highest BCUT2D eigenvalue weighted by molar-refractivity contribution is 7.10. The second-order valence-corrected chi connectivity index (χ2v) is 4.57. The van der Waals surface area contributed by atoms with Crippen molar-refractivity contribution in [1.29, 1.82) is 0 Å². The molecule has 5 heteroatoms. The first-order valence-electron chi connectivity index (χ1n) is 5.03. The van der Waals surface area contributed by atoms with Crippen LogP contribution in [-0.4, -0.2) is 28.9 Å². The lowest BCUT2D eigenvalue weighted by Crippen LogP contribution is -2.29. The monoisotopic (exact) mass is 241 g/mol. The fraction of sp³-hybridized carbons (Fsp3) is 0.455. The average molecular weight is 241 g/mol. The molecule has 1 aromatic heterocycles. The van der Waals surface area contributed by atoms with E-state index in [1.165, 1.54) is 0 Å². The van der Waals surface area contributed by atoms with Crippen LogP contribution >= 0.6 is 11.3 Å². The Morgan fingerprint density at radius 3 is 2.69 bits per heavy atom. The highest BCUT2D eigenvalue weighted by Crippen LogP contribution is 2.23. The molecule has 0 radical (unpaired) electrons. The number of aliphatic carboxylic acids is 1. The van der Waals surface area contributed by atoms with E-state index in [0.29, 0.717) is 0 Å². The zero-order valence-corrected chi connectivity index (χ0v) is 10.2. The number of amides is 1. The Balaban J connectivity index is 2.53. The van der Waals surface area contributed by atoms with E-state index in [1.54, 1.807) is 23.3 Å². The minimum atomic E-state index is -0.939. The van der Waals surface area contributed by atoms with Crippen LogP contribution in [0.15, 0.2) is 17.5 Å². The third-order valence-corrected chi connectivity index (χ3v) is 3.52. The van der Waals surface area contributed by atoms with E-state index < -0.39 is 5.97 Å². The Bertz CT molecular complexity index is 361. The average Bonchev–Trinajstić information content (AvgIpc) is 2.77. The molecule has 1 aromatic rings. The first kappa shape index (κ1) is 12.7. The molecule has 0 fully saturated rings. The zero-order chi connectivity index (χ0) is 12.1. The summed E-state index contributed by atoms with van der Waals surface area (Å²) >= 11 is 1.59. The van der Waals surface area contributed by atoms with Crippen molar-refractivity contribution in [1.82, 2.24) is 4.90 Å². The van der Waals surface area contributed by atoms with Gasteiger partial charge in [0.25, 0.3) is 0 Å². The second kappa shape index (κ2) is 5.65. The molecule has 0 saturated heterocycles. The number of carbonyl (C=O) groups excluding carboxylic acids is 1. The molecule has 1 heterocycles. The molecule has 1 unspecified atom stereocenters. The smallest absolute Gasteiger partial charge is 0.303 e. The van der Waals surface area contributed by atoms with Gasteiger partial charge in [0, 0.05) is 18.3 Å². The predicted molar refractivity (Wildman–Crippen MR) is 62.4 cm³/mol. The minimum Gasteiger partial charge on any atom is -0.481 e. The van der Waals surface area contributed by atoms with Crippen LogP contribution in [0.1, 0.15) is 30.7 Å². The van der Waals surface area contributed by atoms with Crippen LogP contribution in [0.2, 0.25) is 0 Å². The summed E-state index contributed by atoms with van der Waals surface area (Å²) < 4.78 is 0. The number of hydrogen-bond acceptors (Lipinski definition) is 3. The zero-order valence-electron chi connectivity index (χ0n) is 9.34. The third-order valence-electron chi connectivity index (χ3n) is 2.48. The molecular formula is C11H15NO3S. The van der Waals surface area contributed by atoms with Crippen LogP contribution in [0.4, 0.5) is 0 Å². The maximum absolute atomic E-state index is 11.7. The van der Waals surface area contributed by atoms with Crippen LogP contribution in [0, 0.1) is 0 Å². The number of hydrogen-bond donors (Lipinski definition) is 1. The van der Waals surface area contributed by atoms with Crippen molar-refractivity contribution in [3.05, 3.63) is 22.4 Å². The highest BCUT2D eigenvalue weighted by Gasteiger charge is 2.18. The summed E-state index contributed by atoms with van der Waals surface area (Å²) in [6, 6.07) is 3.91. The Kier molecular flexibility index (Phi) is 4.49. The fourth-order valence-electron chi connectivity index (χ4n) is 1.33. The SMILES string of the molecule is CC(c1cccs1)N(C)C(=O)CCC(=O)O. The number of thiophene rings is 1. The number of carboxylic acid groups (broad SMARTS) is 1. The molecular weight excluding hydrogens is 226 g/mol. The van der Waals surface area contributed by atoms with Crippen molar-refractivity contribution in [3.8, 4) is 0 Å². The lowest BCUT2D eigenvalue weighted by Gasteiger charge is -2.23. The van der Waals surface area contributed by atoms with Crippen molar-refractivity contribution in [2.24, 2.45) is 0 Å². The van der Waals surface area contributed by atoms with Crippen molar-refractivity contribution < 1.29 is 14.7 Å². The van der Waals surface area contributed by atoms with Crippen molar-refractivity contribution in [2.75, 3.05) is 7.05 Å². The van der Waals surface area contributed by atoms with Crippen LogP contribution < -0.4 is 0 Å². The Labute approximate surface area is 98.5 Å². The first-order valence-corrected chi connectivity index (χ1v) is 5.91. The quantitative estimate of drug-likeness (QED) is 0.859. The Hall–Kier alpha value is -1.36.